The molecule has 21 nitrogen and oxygen atoms in total. The molecule has 66 heavy (non-hydrogen) atoms. The van der Waals surface area contributed by atoms with Gasteiger partial charge >= 0.3 is 5.97 Å². The summed E-state index contributed by atoms with van der Waals surface area (Å²) in [5.41, 5.74) is -0.290. The van der Waals surface area contributed by atoms with Gasteiger partial charge in [-0.3, -0.25) is 28.0 Å². The minimum absolute atomic E-state index is 0.00936. The Morgan fingerprint density at radius 3 is 2.02 bits per heavy atom. The van der Waals surface area contributed by atoms with E-state index in [-0.39, 0.29) is 89.2 Å². The number of ether oxygens (including phenoxy) is 3. The van der Waals surface area contributed by atoms with Crippen molar-refractivity contribution in [3.8, 4) is 0 Å². The number of fused-ring (bicyclic) bond motifs is 2. The minimum Gasteiger partial charge on any atom is -0.506 e. The number of Topliss-reactive ketones (excluding diaryl/α,β-unsaturated/α-hetero) is 1. The van der Waals surface area contributed by atoms with Gasteiger partial charge in [0.15, 0.2) is 12.3 Å². The van der Waals surface area contributed by atoms with Crippen molar-refractivity contribution in [3.63, 3.8) is 0 Å². The average Bonchev–Trinajstić information content (AvgIpc) is 3.77. The Hall–Kier alpha value is -5.18. The van der Waals surface area contributed by atoms with Crippen LogP contribution in [0, 0.1) is 0 Å². The van der Waals surface area contributed by atoms with Crippen molar-refractivity contribution in [1.82, 2.24) is 5.06 Å². The zero-order chi connectivity index (χ0) is 48.6. The average molecular weight is 981 g/mol. The van der Waals surface area contributed by atoms with Gasteiger partial charge in [0.05, 0.1) is 51.7 Å². The van der Waals surface area contributed by atoms with Crippen molar-refractivity contribution in [2.24, 2.45) is 0 Å². The molecule has 1 aliphatic carbocycles. The van der Waals surface area contributed by atoms with Gasteiger partial charge in [0.1, 0.15) is 12.4 Å². The molecule has 0 spiro atoms. The summed E-state index contributed by atoms with van der Waals surface area (Å²) in [6.45, 7) is 3.62. The fourth-order valence-corrected chi connectivity index (χ4v) is 10.1. The number of aliphatic hydroxyl groups excluding tert-OH is 1. The fraction of sp³-hybridized carbons (Fsp3) is 0.452. The third-order valence-electron chi connectivity index (χ3n) is 12.1. The summed E-state index contributed by atoms with van der Waals surface area (Å²) in [7, 11) is -10.9. The van der Waals surface area contributed by atoms with Crippen molar-refractivity contribution in [2.75, 3.05) is 64.4 Å². The van der Waals surface area contributed by atoms with Crippen molar-refractivity contribution in [3.05, 3.63) is 82.3 Å². The van der Waals surface area contributed by atoms with E-state index in [4.69, 9.17) is 19.0 Å². The molecule has 0 aromatic heterocycles. The van der Waals surface area contributed by atoms with Gasteiger partial charge < -0.3 is 29.1 Å². The Morgan fingerprint density at radius 1 is 0.803 bits per heavy atom. The number of ketones is 1. The molecule has 2 aromatic rings. The molecular formula is C42H50N3O18S3+. The van der Waals surface area contributed by atoms with E-state index in [0.29, 0.717) is 39.0 Å². The lowest BCUT2D eigenvalue weighted by Crippen LogP contribution is -2.35. The van der Waals surface area contributed by atoms with Crippen LogP contribution in [-0.4, -0.2) is 142 Å². The van der Waals surface area contributed by atoms with Crippen molar-refractivity contribution in [1.29, 1.82) is 0 Å². The molecule has 0 radical (unpaired) electrons. The molecule has 3 aliphatic heterocycles. The van der Waals surface area contributed by atoms with Crippen LogP contribution < -0.4 is 4.90 Å². The SMILES string of the molecule is COCC[N+]1=C(C=C2C(=O)C(/C=C3/N(CCOCCC(=O)ON4C(=O)CCC4=O)c4ccc(S(=O)(=O)O)cc4C3(C)CCOC)=C2O)C(C)(CCCS(=O)(=O)O)c2cc(S(=O)(=O)O)ccc21. The molecule has 2 unspecified atom stereocenters. The third-order valence-corrected chi connectivity index (χ3v) is 14.6. The maximum Gasteiger partial charge on any atom is 0.335 e. The first-order chi connectivity index (χ1) is 30.9. The van der Waals surface area contributed by atoms with Gasteiger partial charge in [0, 0.05) is 74.7 Å². The second kappa shape index (κ2) is 19.2. The van der Waals surface area contributed by atoms with E-state index in [1.165, 1.54) is 62.8 Å². The molecule has 6 rings (SSSR count). The molecule has 3 heterocycles. The Bertz CT molecular complexity index is 2820. The largest absolute Gasteiger partial charge is 0.506 e. The lowest BCUT2D eigenvalue weighted by Gasteiger charge is -2.32. The van der Waals surface area contributed by atoms with Crippen LogP contribution in [0.2, 0.25) is 0 Å². The van der Waals surface area contributed by atoms with E-state index < -0.39 is 86.1 Å². The molecule has 2 atom stereocenters. The molecule has 1 saturated heterocycles. The molecule has 358 valence electrons. The van der Waals surface area contributed by atoms with Gasteiger partial charge in [-0.15, -0.1) is 5.06 Å². The highest BCUT2D eigenvalue weighted by molar-refractivity contribution is 7.86. The van der Waals surface area contributed by atoms with Crippen LogP contribution >= 0.6 is 0 Å². The first-order valence-electron chi connectivity index (χ1n) is 20.5. The molecule has 0 saturated carbocycles. The van der Waals surface area contributed by atoms with E-state index in [0.717, 1.165) is 0 Å². The quantitative estimate of drug-likeness (QED) is 0.0460. The number of amides is 2. The summed E-state index contributed by atoms with van der Waals surface area (Å²) >= 11 is 0. The van der Waals surface area contributed by atoms with Gasteiger partial charge in [-0.05, 0) is 75.1 Å². The fourth-order valence-electron chi connectivity index (χ4n) is 8.62. The van der Waals surface area contributed by atoms with Crippen LogP contribution in [0.4, 0.5) is 11.4 Å². The number of nitrogens with zero attached hydrogens (tertiary/aromatic N) is 3. The predicted molar refractivity (Wildman–Crippen MR) is 232 cm³/mol. The van der Waals surface area contributed by atoms with Gasteiger partial charge in [-0.25, -0.2) is 4.79 Å². The van der Waals surface area contributed by atoms with Crippen LogP contribution in [0.25, 0.3) is 0 Å². The summed E-state index contributed by atoms with van der Waals surface area (Å²) in [5, 5.41) is 12.2. The number of hydroxylamine groups is 2. The summed E-state index contributed by atoms with van der Waals surface area (Å²) < 4.78 is 121. The van der Waals surface area contributed by atoms with Crippen LogP contribution in [0.15, 0.2) is 80.9 Å². The number of hydrogen-bond donors (Lipinski definition) is 4. The second-order valence-corrected chi connectivity index (χ2v) is 20.8. The maximum atomic E-state index is 14.3. The second-order valence-electron chi connectivity index (χ2n) is 16.4. The first kappa shape index (κ1) is 50.2. The van der Waals surface area contributed by atoms with E-state index >= 15 is 0 Å². The van der Waals surface area contributed by atoms with Crippen LogP contribution in [0.5, 0.6) is 0 Å². The number of carbonyl (C=O) groups excluding carboxylic acids is 4. The summed E-state index contributed by atoms with van der Waals surface area (Å²) in [6, 6.07) is 7.84. The maximum absolute atomic E-state index is 14.3. The predicted octanol–water partition coefficient (Wildman–Crippen LogP) is 2.88. The molecule has 2 amide bonds. The Labute approximate surface area is 381 Å². The molecule has 0 bridgehead atoms. The number of imide groups is 1. The normalized spacial score (nSPS) is 22.3. The monoisotopic (exact) mass is 980 g/mol. The lowest BCUT2D eigenvalue weighted by atomic mass is 9.73. The highest BCUT2D eigenvalue weighted by atomic mass is 32.2. The summed E-state index contributed by atoms with van der Waals surface area (Å²) in [5.74, 6) is -3.89. The number of aliphatic hydroxyl groups is 1. The first-order valence-corrected chi connectivity index (χ1v) is 25.0. The molecule has 24 heteroatoms. The highest BCUT2D eigenvalue weighted by Gasteiger charge is 2.51. The third kappa shape index (κ3) is 10.2. The molecule has 4 N–H and O–H groups in total. The van der Waals surface area contributed by atoms with E-state index in [9.17, 15) is 63.2 Å². The topological polar surface area (TPSA) is 298 Å². The Balaban J connectivity index is 1.39. The standard InChI is InChI=1S/C42H49N3O18S3/c1-41(13-5-21-64(51,52)53)30-22-26(65(54,55)56)6-8-32(30)43(15-19-61-4)34(41)24-28-39(49)29(40(28)50)25-35-42(2,14-18-60-3)31-23-27(66(57,58)59)7-9-33(31)44(35)16-20-62-17-12-38(48)63-45-36(46)10-11-37(45)47/h6-9,22-25H,5,10-21H2,1-4H3,(H3-,49,50,51,52,53,54,55,56,57,58,59)/p+1. The summed E-state index contributed by atoms with van der Waals surface area (Å²) in [6.07, 6.45) is 2.46. The van der Waals surface area contributed by atoms with Gasteiger partial charge in [-0.1, -0.05) is 0 Å². The molecule has 4 aliphatic rings. The Morgan fingerprint density at radius 2 is 1.42 bits per heavy atom. The van der Waals surface area contributed by atoms with Crippen molar-refractivity contribution < 1.29 is 86.8 Å². The van der Waals surface area contributed by atoms with Gasteiger partial charge in [0.25, 0.3) is 42.2 Å². The number of hydrogen-bond acceptors (Lipinski definition) is 16. The van der Waals surface area contributed by atoms with Crippen LogP contribution in [0.1, 0.15) is 63.5 Å². The van der Waals surface area contributed by atoms with E-state index in [1.807, 2.05) is 0 Å². The van der Waals surface area contributed by atoms with Crippen molar-refractivity contribution in [2.45, 2.75) is 73.0 Å². The smallest absolute Gasteiger partial charge is 0.335 e. The number of rotatable bonds is 21. The zero-order valence-electron chi connectivity index (χ0n) is 36.4. The molecule has 2 aromatic carbocycles. The van der Waals surface area contributed by atoms with Crippen LogP contribution in [-0.2, 0) is 79.4 Å². The zero-order valence-corrected chi connectivity index (χ0v) is 38.8. The molecular weight excluding hydrogens is 931 g/mol. The Kier molecular flexibility index (Phi) is 14.6. The van der Waals surface area contributed by atoms with E-state index in [2.05, 4.69) is 0 Å². The van der Waals surface area contributed by atoms with Crippen LogP contribution in [0.3, 0.4) is 0 Å². The minimum atomic E-state index is -4.71. The van der Waals surface area contributed by atoms with Gasteiger partial charge in [0.2, 0.25) is 11.5 Å². The number of allylic oxidation sites excluding steroid dienone is 5. The highest BCUT2D eigenvalue weighted by Crippen LogP contribution is 2.52. The van der Waals surface area contributed by atoms with Crippen molar-refractivity contribution >= 4 is 71.0 Å². The van der Waals surface area contributed by atoms with Gasteiger partial charge in [-0.2, -0.15) is 29.8 Å². The number of carbonyl (C=O) groups is 4. The molecule has 1 fully saturated rings. The number of methoxy groups -OCH3 is 2. The number of anilines is 1. The lowest BCUT2D eigenvalue weighted by molar-refractivity contribution is -0.441. The number of benzene rings is 2. The van der Waals surface area contributed by atoms with E-state index in [1.54, 1.807) is 23.3 Å². The summed E-state index contributed by atoms with van der Waals surface area (Å²) in [4.78, 5) is 56.2.